The number of aryl methyl sites for hydroxylation is 1. The number of fused-ring (bicyclic) bond motifs is 1. The van der Waals surface area contributed by atoms with Crippen molar-refractivity contribution in [1.82, 2.24) is 4.98 Å². The van der Waals surface area contributed by atoms with Crippen LogP contribution in [0.4, 0.5) is 10.1 Å². The molecular weight excluding hydrogens is 503 g/mol. The van der Waals surface area contributed by atoms with Crippen molar-refractivity contribution in [2.24, 2.45) is 0 Å². The summed E-state index contributed by atoms with van der Waals surface area (Å²) in [5, 5.41) is 9.17. The fourth-order valence-corrected chi connectivity index (χ4v) is 6.37. The molecule has 0 radical (unpaired) electrons. The predicted octanol–water partition coefficient (Wildman–Crippen LogP) is 5.01. The summed E-state index contributed by atoms with van der Waals surface area (Å²) in [4.78, 5) is 16.3. The molecule has 4 aromatic rings. The molecule has 184 valence electrons. The number of aromatic nitrogens is 1. The van der Waals surface area contributed by atoms with Crippen LogP contribution in [0.1, 0.15) is 27.8 Å². The maximum absolute atomic E-state index is 13.5. The normalized spacial score (nSPS) is 16.1. The lowest BCUT2D eigenvalue weighted by Gasteiger charge is -2.24. The van der Waals surface area contributed by atoms with Crippen molar-refractivity contribution in [2.45, 2.75) is 29.5 Å². The lowest BCUT2D eigenvalue weighted by atomic mass is 10.1. The molecule has 1 N–H and O–H groups in total. The zero-order chi connectivity index (χ0) is 25.6. The number of hydrogen-bond acceptors (Lipinski definition) is 6. The first kappa shape index (κ1) is 24.1. The molecule has 36 heavy (non-hydrogen) atoms. The van der Waals surface area contributed by atoms with Gasteiger partial charge >= 0.3 is 5.97 Å². The summed E-state index contributed by atoms with van der Waals surface area (Å²) in [5.41, 5.74) is 2.88. The summed E-state index contributed by atoms with van der Waals surface area (Å²) in [6.45, 7) is 1.74. The van der Waals surface area contributed by atoms with Crippen LogP contribution in [0.15, 0.2) is 82.1 Å². The van der Waals surface area contributed by atoms with Crippen LogP contribution in [0, 0.1) is 12.7 Å². The summed E-state index contributed by atoms with van der Waals surface area (Å²) in [7, 11) is -4.13. The highest BCUT2D eigenvalue weighted by molar-refractivity contribution is 7.93. The molecule has 1 aliphatic heterocycles. The first-order valence-electron chi connectivity index (χ1n) is 11.0. The quantitative estimate of drug-likeness (QED) is 0.344. The SMILES string of the molecule is Cc1oc(-c2ccc(F)cc2)nc1C(S)c1ccc(S(=O)(=O)N2c3ccccc3C[C@@H]2C(=O)O)cc1. The highest BCUT2D eigenvalue weighted by Crippen LogP contribution is 2.38. The third-order valence-electron chi connectivity index (χ3n) is 6.15. The number of benzene rings is 3. The molecule has 0 aliphatic carbocycles. The smallest absolute Gasteiger partial charge is 0.327 e. The number of anilines is 1. The minimum Gasteiger partial charge on any atom is -0.480 e. The van der Waals surface area contributed by atoms with Gasteiger partial charge in [-0.2, -0.15) is 12.6 Å². The van der Waals surface area contributed by atoms with E-state index in [1.807, 2.05) is 0 Å². The Morgan fingerprint density at radius 1 is 1.11 bits per heavy atom. The number of thiol groups is 1. The zero-order valence-corrected chi connectivity index (χ0v) is 20.7. The number of carbonyl (C=O) groups is 1. The molecule has 10 heteroatoms. The second-order valence-electron chi connectivity index (χ2n) is 8.43. The van der Waals surface area contributed by atoms with E-state index < -0.39 is 27.3 Å². The summed E-state index contributed by atoms with van der Waals surface area (Å²) >= 11 is 4.67. The van der Waals surface area contributed by atoms with Crippen molar-refractivity contribution in [3.05, 3.63) is 101 Å². The van der Waals surface area contributed by atoms with E-state index in [1.165, 1.54) is 24.3 Å². The predicted molar refractivity (Wildman–Crippen MR) is 135 cm³/mol. The van der Waals surface area contributed by atoms with Gasteiger partial charge in [-0.05, 0) is 60.5 Å². The van der Waals surface area contributed by atoms with Crippen LogP contribution < -0.4 is 4.31 Å². The number of carboxylic acid groups (broad SMARTS) is 1. The molecule has 1 aliphatic rings. The molecule has 1 unspecified atom stereocenters. The van der Waals surface area contributed by atoms with E-state index in [4.69, 9.17) is 4.42 Å². The zero-order valence-electron chi connectivity index (χ0n) is 19.0. The van der Waals surface area contributed by atoms with Gasteiger partial charge in [-0.15, -0.1) is 0 Å². The highest BCUT2D eigenvalue weighted by Gasteiger charge is 2.42. The third-order valence-corrected chi connectivity index (χ3v) is 8.53. The molecule has 5 rings (SSSR count). The van der Waals surface area contributed by atoms with Crippen molar-refractivity contribution in [1.29, 1.82) is 0 Å². The number of nitrogens with zero attached hydrogens (tertiary/aromatic N) is 2. The van der Waals surface area contributed by atoms with E-state index in [1.54, 1.807) is 55.5 Å². The van der Waals surface area contributed by atoms with Crippen molar-refractivity contribution < 1.29 is 27.1 Å². The number of hydrogen-bond donors (Lipinski definition) is 2. The van der Waals surface area contributed by atoms with Crippen LogP contribution in [-0.4, -0.2) is 30.5 Å². The molecule has 7 nitrogen and oxygen atoms in total. The Morgan fingerprint density at radius 3 is 2.44 bits per heavy atom. The van der Waals surface area contributed by atoms with Gasteiger partial charge in [0.1, 0.15) is 17.6 Å². The lowest BCUT2D eigenvalue weighted by Crippen LogP contribution is -2.42. The summed E-state index contributed by atoms with van der Waals surface area (Å²) in [5.74, 6) is -0.714. The van der Waals surface area contributed by atoms with E-state index >= 15 is 0 Å². The number of carboxylic acids is 1. The third kappa shape index (κ3) is 4.16. The number of halogens is 1. The molecular formula is C26H21FN2O5S2. The Bertz CT molecular complexity index is 1550. The maximum atomic E-state index is 13.5. The Hall–Kier alpha value is -3.63. The molecule has 2 heterocycles. The standard InChI is InChI=1S/C26H21FN2O5S2/c1-15-23(28-25(34-15)17-6-10-19(27)11-7-17)24(35)16-8-12-20(13-9-16)36(32,33)29-21-5-3-2-4-18(21)14-22(29)26(30)31/h2-13,22,24,35H,14H2,1H3,(H,30,31)/t22-,24?/m1/s1. The van der Waals surface area contributed by atoms with Crippen molar-refractivity contribution in [2.75, 3.05) is 4.31 Å². The van der Waals surface area contributed by atoms with Gasteiger partial charge in [-0.1, -0.05) is 30.3 Å². The van der Waals surface area contributed by atoms with Gasteiger partial charge in [0.25, 0.3) is 10.0 Å². The van der Waals surface area contributed by atoms with E-state index in [2.05, 4.69) is 17.6 Å². The molecule has 0 saturated carbocycles. The van der Waals surface area contributed by atoms with Crippen LogP contribution >= 0.6 is 12.6 Å². The highest BCUT2D eigenvalue weighted by atomic mass is 32.2. The van der Waals surface area contributed by atoms with E-state index in [-0.39, 0.29) is 17.1 Å². The summed E-state index contributed by atoms with van der Waals surface area (Å²) in [6.07, 6.45) is 0.101. The van der Waals surface area contributed by atoms with Gasteiger partial charge in [0, 0.05) is 12.0 Å². The topological polar surface area (TPSA) is 101 Å². The van der Waals surface area contributed by atoms with Gasteiger partial charge in [0.2, 0.25) is 5.89 Å². The Balaban J connectivity index is 1.44. The Morgan fingerprint density at radius 2 is 1.78 bits per heavy atom. The first-order valence-corrected chi connectivity index (χ1v) is 13.0. The average molecular weight is 525 g/mol. The van der Waals surface area contributed by atoms with Crippen molar-refractivity contribution >= 4 is 34.3 Å². The molecule has 0 bridgehead atoms. The van der Waals surface area contributed by atoms with Gasteiger partial charge < -0.3 is 9.52 Å². The summed E-state index contributed by atoms with van der Waals surface area (Å²) in [6, 6.07) is 17.4. The van der Waals surface area contributed by atoms with Crippen LogP contribution in [0.2, 0.25) is 0 Å². The van der Waals surface area contributed by atoms with E-state index in [9.17, 15) is 22.7 Å². The molecule has 0 fully saturated rings. The Labute approximate surface area is 212 Å². The summed E-state index contributed by atoms with van der Waals surface area (Å²) < 4.78 is 47.0. The number of para-hydroxylation sites is 1. The minimum atomic E-state index is -4.13. The number of sulfonamides is 1. The molecule has 0 spiro atoms. The lowest BCUT2D eigenvalue weighted by molar-refractivity contribution is -0.138. The van der Waals surface area contributed by atoms with Crippen LogP contribution in [0.3, 0.4) is 0 Å². The second-order valence-corrected chi connectivity index (χ2v) is 10.8. The molecule has 1 aromatic heterocycles. The van der Waals surface area contributed by atoms with Crippen LogP contribution in [0.25, 0.3) is 11.5 Å². The van der Waals surface area contributed by atoms with Crippen LogP contribution in [-0.2, 0) is 21.2 Å². The van der Waals surface area contributed by atoms with Gasteiger partial charge in [0.05, 0.1) is 21.5 Å². The Kier molecular flexibility index (Phi) is 6.09. The first-order chi connectivity index (χ1) is 17.2. The monoisotopic (exact) mass is 524 g/mol. The molecule has 0 amide bonds. The average Bonchev–Trinajstić information content (AvgIpc) is 3.45. The van der Waals surface area contributed by atoms with Gasteiger partial charge in [0.15, 0.2) is 0 Å². The largest absolute Gasteiger partial charge is 0.480 e. The van der Waals surface area contributed by atoms with Gasteiger partial charge in [-0.25, -0.2) is 22.6 Å². The number of aliphatic carboxylic acids is 1. The number of rotatable bonds is 6. The number of oxazole rings is 1. The maximum Gasteiger partial charge on any atom is 0.327 e. The second kappa shape index (κ2) is 9.11. The van der Waals surface area contributed by atoms with Crippen molar-refractivity contribution in [3.8, 4) is 11.5 Å². The fraction of sp³-hybridized carbons (Fsp3) is 0.154. The molecule has 3 aromatic carbocycles. The van der Waals surface area contributed by atoms with Crippen molar-refractivity contribution in [3.63, 3.8) is 0 Å². The molecule has 2 atom stereocenters. The van der Waals surface area contributed by atoms with E-state index in [0.717, 1.165) is 4.31 Å². The fourth-order valence-electron chi connectivity index (χ4n) is 4.31. The van der Waals surface area contributed by atoms with Crippen LogP contribution in [0.5, 0.6) is 0 Å². The molecule has 0 saturated heterocycles. The van der Waals surface area contributed by atoms with E-state index in [0.29, 0.717) is 39.7 Å². The minimum absolute atomic E-state index is 0.0291. The van der Waals surface area contributed by atoms with Gasteiger partial charge in [-0.3, -0.25) is 4.31 Å².